The molecule has 0 amide bonds. The van der Waals surface area contributed by atoms with Gasteiger partial charge in [-0.3, -0.25) is 9.36 Å². The monoisotopic (exact) mass is 300 g/mol. The van der Waals surface area contributed by atoms with Crippen molar-refractivity contribution in [3.8, 4) is 0 Å². The van der Waals surface area contributed by atoms with Crippen molar-refractivity contribution in [3.05, 3.63) is 10.5 Å². The van der Waals surface area contributed by atoms with Crippen LogP contribution < -0.4 is 5.69 Å². The summed E-state index contributed by atoms with van der Waals surface area (Å²) in [5.41, 5.74) is -0.211. The molecular weight excluding hydrogens is 280 g/mol. The number of piperidine rings is 1. The molecule has 2 heterocycles. The third-order valence-corrected chi connectivity index (χ3v) is 4.74. The lowest BCUT2D eigenvalue weighted by Gasteiger charge is -2.37. The van der Waals surface area contributed by atoms with E-state index in [1.807, 2.05) is 0 Å². The van der Waals surface area contributed by atoms with Gasteiger partial charge in [0.05, 0.1) is 5.75 Å². The SMILES string of the molecule is CN1CCC(C)(Cn2c(SCC(=O)O)n[nH]c2=O)CC1. The molecule has 0 bridgehead atoms. The molecule has 1 aliphatic rings. The van der Waals surface area contributed by atoms with Gasteiger partial charge in [0, 0.05) is 6.54 Å². The molecule has 20 heavy (non-hydrogen) atoms. The zero-order valence-corrected chi connectivity index (χ0v) is 12.6. The molecule has 0 spiro atoms. The fourth-order valence-corrected chi connectivity index (χ4v) is 3.04. The molecular formula is C12H20N4O3S. The molecule has 7 nitrogen and oxygen atoms in total. The molecule has 0 atom stereocenters. The second kappa shape index (κ2) is 6.01. The summed E-state index contributed by atoms with van der Waals surface area (Å²) >= 11 is 1.07. The van der Waals surface area contributed by atoms with E-state index >= 15 is 0 Å². The fourth-order valence-electron chi connectivity index (χ4n) is 2.38. The first-order valence-electron chi connectivity index (χ1n) is 6.58. The minimum Gasteiger partial charge on any atom is -0.481 e. The molecule has 1 aromatic rings. The number of hydrogen-bond acceptors (Lipinski definition) is 5. The van der Waals surface area contributed by atoms with E-state index in [2.05, 4.69) is 29.1 Å². The van der Waals surface area contributed by atoms with Crippen LogP contribution in [0.1, 0.15) is 19.8 Å². The number of rotatable bonds is 5. The Morgan fingerprint density at radius 3 is 2.75 bits per heavy atom. The smallest absolute Gasteiger partial charge is 0.343 e. The molecule has 112 valence electrons. The Balaban J connectivity index is 2.10. The predicted octanol–water partition coefficient (Wildman–Crippen LogP) is 0.480. The lowest BCUT2D eigenvalue weighted by atomic mass is 9.80. The van der Waals surface area contributed by atoms with E-state index in [0.717, 1.165) is 37.7 Å². The summed E-state index contributed by atoms with van der Waals surface area (Å²) in [6, 6.07) is 0. The van der Waals surface area contributed by atoms with Crippen LogP contribution in [0.2, 0.25) is 0 Å². The maximum atomic E-state index is 11.8. The maximum Gasteiger partial charge on any atom is 0.343 e. The highest BCUT2D eigenvalue weighted by atomic mass is 32.2. The lowest BCUT2D eigenvalue weighted by molar-refractivity contribution is -0.133. The van der Waals surface area contributed by atoms with E-state index in [1.54, 1.807) is 4.57 Å². The number of carbonyl (C=O) groups is 1. The topological polar surface area (TPSA) is 91.2 Å². The van der Waals surface area contributed by atoms with E-state index in [9.17, 15) is 9.59 Å². The van der Waals surface area contributed by atoms with Crippen LogP contribution in [0.4, 0.5) is 0 Å². The van der Waals surface area contributed by atoms with Gasteiger partial charge < -0.3 is 10.0 Å². The Kier molecular flexibility index (Phi) is 4.54. The lowest BCUT2D eigenvalue weighted by Crippen LogP contribution is -2.40. The van der Waals surface area contributed by atoms with Crippen LogP contribution in [-0.4, -0.2) is 56.6 Å². The first-order valence-corrected chi connectivity index (χ1v) is 7.56. The molecule has 0 aliphatic carbocycles. The Hall–Kier alpha value is -1.28. The van der Waals surface area contributed by atoms with Gasteiger partial charge in [-0.05, 0) is 38.4 Å². The Morgan fingerprint density at radius 2 is 2.15 bits per heavy atom. The molecule has 1 saturated heterocycles. The van der Waals surface area contributed by atoms with Crippen LogP contribution in [0.5, 0.6) is 0 Å². The molecule has 1 aromatic heterocycles. The molecule has 1 aliphatic heterocycles. The number of carboxylic acid groups (broad SMARTS) is 1. The summed E-state index contributed by atoms with van der Waals surface area (Å²) in [6.07, 6.45) is 2.04. The van der Waals surface area contributed by atoms with E-state index < -0.39 is 5.97 Å². The van der Waals surface area contributed by atoms with Gasteiger partial charge in [0.15, 0.2) is 5.16 Å². The standard InChI is InChI=1S/C12H20N4O3S/c1-12(3-5-15(2)6-4-12)8-16-10(19)13-14-11(16)20-7-9(17)18/h3-8H2,1-2H3,(H,13,19)(H,17,18). The minimum atomic E-state index is -0.914. The van der Waals surface area contributed by atoms with Gasteiger partial charge in [-0.1, -0.05) is 18.7 Å². The maximum absolute atomic E-state index is 11.8. The number of nitrogens with zero attached hydrogens (tertiary/aromatic N) is 3. The van der Waals surface area contributed by atoms with Crippen molar-refractivity contribution in [1.82, 2.24) is 19.7 Å². The summed E-state index contributed by atoms with van der Waals surface area (Å²) in [5.74, 6) is -1.01. The molecule has 0 saturated carbocycles. The summed E-state index contributed by atoms with van der Waals surface area (Å²) < 4.78 is 1.57. The van der Waals surface area contributed by atoms with Crippen molar-refractivity contribution in [2.75, 3.05) is 25.9 Å². The predicted molar refractivity (Wildman–Crippen MR) is 76.0 cm³/mol. The van der Waals surface area contributed by atoms with Crippen molar-refractivity contribution in [2.24, 2.45) is 5.41 Å². The van der Waals surface area contributed by atoms with Crippen LogP contribution in [0.3, 0.4) is 0 Å². The van der Waals surface area contributed by atoms with Crippen LogP contribution in [0, 0.1) is 5.41 Å². The third kappa shape index (κ3) is 3.63. The zero-order chi connectivity index (χ0) is 14.8. The molecule has 8 heteroatoms. The van der Waals surface area contributed by atoms with Gasteiger partial charge >= 0.3 is 11.7 Å². The number of thioether (sulfide) groups is 1. The normalized spacial score (nSPS) is 19.1. The average Bonchev–Trinajstić information content (AvgIpc) is 2.72. The molecule has 1 fully saturated rings. The number of aromatic amines is 1. The highest BCUT2D eigenvalue weighted by Gasteiger charge is 2.30. The number of likely N-dealkylation sites (tertiary alicyclic amines) is 1. The molecule has 0 unspecified atom stereocenters. The van der Waals surface area contributed by atoms with Crippen molar-refractivity contribution >= 4 is 17.7 Å². The van der Waals surface area contributed by atoms with Crippen LogP contribution in [0.15, 0.2) is 9.95 Å². The Morgan fingerprint density at radius 1 is 1.50 bits per heavy atom. The average molecular weight is 300 g/mol. The molecule has 0 radical (unpaired) electrons. The van der Waals surface area contributed by atoms with Crippen molar-refractivity contribution in [1.29, 1.82) is 0 Å². The van der Waals surface area contributed by atoms with Gasteiger partial charge in [-0.15, -0.1) is 5.10 Å². The van der Waals surface area contributed by atoms with Gasteiger partial charge in [-0.25, -0.2) is 9.89 Å². The molecule has 2 rings (SSSR count). The van der Waals surface area contributed by atoms with Crippen LogP contribution >= 0.6 is 11.8 Å². The van der Waals surface area contributed by atoms with Gasteiger partial charge in [0.2, 0.25) is 0 Å². The summed E-state index contributed by atoms with van der Waals surface area (Å²) in [4.78, 5) is 24.7. The number of carboxylic acids is 1. The van der Waals surface area contributed by atoms with E-state index in [0.29, 0.717) is 11.7 Å². The number of aromatic nitrogens is 3. The van der Waals surface area contributed by atoms with Gasteiger partial charge in [0.1, 0.15) is 0 Å². The fraction of sp³-hybridized carbons (Fsp3) is 0.750. The van der Waals surface area contributed by atoms with Crippen molar-refractivity contribution in [2.45, 2.75) is 31.5 Å². The first kappa shape index (κ1) is 15.1. The summed E-state index contributed by atoms with van der Waals surface area (Å²) in [5, 5.41) is 15.5. The largest absolute Gasteiger partial charge is 0.481 e. The zero-order valence-electron chi connectivity index (χ0n) is 11.8. The van der Waals surface area contributed by atoms with Gasteiger partial charge in [0.25, 0.3) is 0 Å². The van der Waals surface area contributed by atoms with Crippen molar-refractivity contribution in [3.63, 3.8) is 0 Å². The van der Waals surface area contributed by atoms with Crippen molar-refractivity contribution < 1.29 is 9.90 Å². The highest BCUT2D eigenvalue weighted by molar-refractivity contribution is 7.99. The second-order valence-corrected chi connectivity index (χ2v) is 6.64. The van der Waals surface area contributed by atoms with E-state index in [-0.39, 0.29) is 16.9 Å². The summed E-state index contributed by atoms with van der Waals surface area (Å²) in [7, 11) is 2.09. The summed E-state index contributed by atoms with van der Waals surface area (Å²) in [6.45, 7) is 4.78. The minimum absolute atomic E-state index is 0.0543. The number of hydrogen-bond donors (Lipinski definition) is 2. The van der Waals surface area contributed by atoms with E-state index in [4.69, 9.17) is 5.11 Å². The first-order chi connectivity index (χ1) is 9.39. The number of aliphatic carboxylic acids is 1. The number of H-pyrrole nitrogens is 1. The van der Waals surface area contributed by atoms with Crippen LogP contribution in [-0.2, 0) is 11.3 Å². The number of nitrogens with one attached hydrogen (secondary N) is 1. The van der Waals surface area contributed by atoms with Gasteiger partial charge in [-0.2, -0.15) is 0 Å². The molecule has 2 N–H and O–H groups in total. The second-order valence-electron chi connectivity index (χ2n) is 5.69. The Labute approximate surface area is 121 Å². The van der Waals surface area contributed by atoms with Crippen LogP contribution in [0.25, 0.3) is 0 Å². The Bertz CT molecular complexity index is 531. The van der Waals surface area contributed by atoms with E-state index in [1.165, 1.54) is 0 Å². The highest BCUT2D eigenvalue weighted by Crippen LogP contribution is 2.32. The third-order valence-electron chi connectivity index (χ3n) is 3.78. The molecule has 0 aromatic carbocycles. The quantitative estimate of drug-likeness (QED) is 0.769.